The summed E-state index contributed by atoms with van der Waals surface area (Å²) < 4.78 is 3.33. The van der Waals surface area contributed by atoms with E-state index in [1.165, 1.54) is 0 Å². The summed E-state index contributed by atoms with van der Waals surface area (Å²) in [6.45, 7) is 2.30. The topological polar surface area (TPSA) is 77.1 Å². The van der Waals surface area contributed by atoms with Gasteiger partial charge in [-0.05, 0) is 13.3 Å². The van der Waals surface area contributed by atoms with Crippen LogP contribution in [0.2, 0.25) is 0 Å². The van der Waals surface area contributed by atoms with Crippen molar-refractivity contribution in [3.8, 4) is 11.3 Å². The Morgan fingerprint density at radius 2 is 2.26 bits per heavy atom. The fraction of sp³-hybridized carbons (Fsp3) is 0.417. The molecule has 0 saturated heterocycles. The summed E-state index contributed by atoms with van der Waals surface area (Å²) in [5.41, 5.74) is 2.58. The van der Waals surface area contributed by atoms with E-state index in [-0.39, 0.29) is 11.3 Å². The van der Waals surface area contributed by atoms with Gasteiger partial charge in [0, 0.05) is 37.2 Å². The highest BCUT2D eigenvalue weighted by Gasteiger charge is 2.13. The van der Waals surface area contributed by atoms with Crippen LogP contribution < -0.4 is 4.87 Å². The zero-order valence-corrected chi connectivity index (χ0v) is 11.6. The minimum Gasteiger partial charge on any atom is -0.481 e. The molecule has 0 aliphatic heterocycles. The van der Waals surface area contributed by atoms with Gasteiger partial charge in [0.2, 0.25) is 0 Å². The first-order valence-electron chi connectivity index (χ1n) is 5.90. The van der Waals surface area contributed by atoms with Gasteiger partial charge in [-0.1, -0.05) is 11.3 Å². The molecule has 0 atom stereocenters. The Morgan fingerprint density at radius 3 is 2.84 bits per heavy atom. The van der Waals surface area contributed by atoms with E-state index < -0.39 is 5.97 Å². The molecular weight excluding hydrogens is 266 g/mol. The van der Waals surface area contributed by atoms with Crippen LogP contribution in [0.5, 0.6) is 0 Å². The summed E-state index contributed by atoms with van der Waals surface area (Å²) in [5, 5.41) is 14.7. The number of aryl methyl sites for hydroxylation is 2. The number of aliphatic carboxylic acids is 1. The van der Waals surface area contributed by atoms with Crippen LogP contribution in [0.4, 0.5) is 0 Å². The number of hydrogen-bond donors (Lipinski definition) is 1. The predicted molar refractivity (Wildman–Crippen MR) is 72.4 cm³/mol. The molecule has 0 amide bonds. The van der Waals surface area contributed by atoms with E-state index in [2.05, 4.69) is 5.10 Å². The molecule has 0 aliphatic carbocycles. The fourth-order valence-electron chi connectivity index (χ4n) is 1.99. The molecule has 0 saturated carbocycles. The molecule has 0 unspecified atom stereocenters. The predicted octanol–water partition coefficient (Wildman–Crippen LogP) is 1.48. The number of nitrogens with zero attached hydrogens (tertiary/aromatic N) is 3. The number of hydrogen-bond acceptors (Lipinski definition) is 4. The SMILES string of the molecule is Cc1nn(C)cc1-c1csc(=O)n1CCCC(=O)O. The van der Waals surface area contributed by atoms with Crippen LogP contribution >= 0.6 is 11.3 Å². The zero-order valence-electron chi connectivity index (χ0n) is 10.8. The second-order valence-corrected chi connectivity index (χ2v) is 5.16. The third-order valence-electron chi connectivity index (χ3n) is 2.84. The van der Waals surface area contributed by atoms with E-state index in [0.717, 1.165) is 28.3 Å². The van der Waals surface area contributed by atoms with Crippen LogP contribution in [0, 0.1) is 6.92 Å². The van der Waals surface area contributed by atoms with Gasteiger partial charge in [0.1, 0.15) is 0 Å². The molecule has 0 spiro atoms. The third-order valence-corrected chi connectivity index (χ3v) is 3.61. The standard InChI is InChI=1S/C12H15N3O3S/c1-8-9(6-14(2)13-8)10-7-19-12(18)15(10)5-3-4-11(16)17/h6-7H,3-5H2,1-2H3,(H,16,17). The van der Waals surface area contributed by atoms with E-state index in [9.17, 15) is 9.59 Å². The van der Waals surface area contributed by atoms with Gasteiger partial charge in [-0.25, -0.2) is 0 Å². The third kappa shape index (κ3) is 2.93. The number of aromatic nitrogens is 3. The van der Waals surface area contributed by atoms with Gasteiger partial charge in [0.15, 0.2) is 0 Å². The lowest BCUT2D eigenvalue weighted by Crippen LogP contribution is -2.15. The van der Waals surface area contributed by atoms with Crippen molar-refractivity contribution in [1.29, 1.82) is 0 Å². The number of carbonyl (C=O) groups is 1. The van der Waals surface area contributed by atoms with E-state index in [0.29, 0.717) is 13.0 Å². The van der Waals surface area contributed by atoms with Gasteiger partial charge in [-0.15, -0.1) is 0 Å². The highest BCUT2D eigenvalue weighted by molar-refractivity contribution is 7.07. The number of rotatable bonds is 5. The van der Waals surface area contributed by atoms with Gasteiger partial charge in [0.05, 0.1) is 11.4 Å². The monoisotopic (exact) mass is 281 g/mol. The number of thiazole rings is 1. The van der Waals surface area contributed by atoms with Crippen LogP contribution in [-0.2, 0) is 18.4 Å². The quantitative estimate of drug-likeness (QED) is 0.900. The molecule has 0 radical (unpaired) electrons. The summed E-state index contributed by atoms with van der Waals surface area (Å²) in [7, 11) is 1.83. The van der Waals surface area contributed by atoms with Crippen LogP contribution in [0.1, 0.15) is 18.5 Å². The van der Waals surface area contributed by atoms with Crippen molar-refractivity contribution in [3.63, 3.8) is 0 Å². The Hall–Kier alpha value is -1.89. The molecule has 2 rings (SSSR count). The van der Waals surface area contributed by atoms with Gasteiger partial charge >= 0.3 is 10.8 Å². The Kier molecular flexibility index (Phi) is 3.84. The van der Waals surface area contributed by atoms with Crippen LogP contribution in [0.25, 0.3) is 11.3 Å². The summed E-state index contributed by atoms with van der Waals surface area (Å²) in [4.78, 5) is 22.3. The molecule has 102 valence electrons. The van der Waals surface area contributed by atoms with Gasteiger partial charge in [0.25, 0.3) is 0 Å². The Bertz CT molecular complexity index is 653. The highest BCUT2D eigenvalue weighted by Crippen LogP contribution is 2.23. The van der Waals surface area contributed by atoms with Crippen molar-refractivity contribution < 1.29 is 9.90 Å². The van der Waals surface area contributed by atoms with Crippen molar-refractivity contribution in [2.45, 2.75) is 26.3 Å². The van der Waals surface area contributed by atoms with Crippen LogP contribution in [-0.4, -0.2) is 25.4 Å². The highest BCUT2D eigenvalue weighted by atomic mass is 32.1. The van der Waals surface area contributed by atoms with Crippen molar-refractivity contribution in [3.05, 3.63) is 26.9 Å². The van der Waals surface area contributed by atoms with Crippen molar-refractivity contribution in [1.82, 2.24) is 14.3 Å². The normalized spacial score (nSPS) is 10.8. The number of carboxylic acid groups (broad SMARTS) is 1. The first-order valence-corrected chi connectivity index (χ1v) is 6.77. The van der Waals surface area contributed by atoms with Crippen molar-refractivity contribution in [2.24, 2.45) is 7.05 Å². The molecule has 1 N–H and O–H groups in total. The minimum absolute atomic E-state index is 0.0632. The second-order valence-electron chi connectivity index (χ2n) is 4.34. The lowest BCUT2D eigenvalue weighted by Gasteiger charge is -2.05. The maximum absolute atomic E-state index is 11.8. The van der Waals surface area contributed by atoms with Gasteiger partial charge in [-0.3, -0.25) is 18.8 Å². The molecular formula is C12H15N3O3S. The van der Waals surface area contributed by atoms with E-state index in [4.69, 9.17) is 5.11 Å². The molecule has 0 fully saturated rings. The van der Waals surface area contributed by atoms with Crippen molar-refractivity contribution in [2.75, 3.05) is 0 Å². The summed E-state index contributed by atoms with van der Waals surface area (Å²) >= 11 is 1.13. The smallest absolute Gasteiger partial charge is 0.307 e. The molecule has 7 heteroatoms. The fourth-order valence-corrected chi connectivity index (χ4v) is 2.78. The first kappa shape index (κ1) is 13.5. The lowest BCUT2D eigenvalue weighted by atomic mass is 10.2. The van der Waals surface area contributed by atoms with Crippen LogP contribution in [0.15, 0.2) is 16.4 Å². The van der Waals surface area contributed by atoms with Gasteiger partial charge < -0.3 is 5.11 Å². The Morgan fingerprint density at radius 1 is 1.53 bits per heavy atom. The maximum atomic E-state index is 11.8. The Labute approximate surface area is 113 Å². The Balaban J connectivity index is 2.29. The second kappa shape index (κ2) is 5.40. The molecule has 2 heterocycles. The molecule has 0 aliphatic rings. The zero-order chi connectivity index (χ0) is 14.0. The molecule has 6 nitrogen and oxygen atoms in total. The van der Waals surface area contributed by atoms with E-state index in [1.54, 1.807) is 14.6 Å². The minimum atomic E-state index is -0.845. The van der Waals surface area contributed by atoms with Crippen molar-refractivity contribution >= 4 is 17.3 Å². The van der Waals surface area contributed by atoms with E-state index in [1.807, 2.05) is 20.2 Å². The summed E-state index contributed by atoms with van der Waals surface area (Å²) in [5.74, 6) is -0.845. The maximum Gasteiger partial charge on any atom is 0.307 e. The molecule has 0 bridgehead atoms. The lowest BCUT2D eigenvalue weighted by molar-refractivity contribution is -0.137. The molecule has 2 aromatic rings. The molecule has 19 heavy (non-hydrogen) atoms. The van der Waals surface area contributed by atoms with E-state index >= 15 is 0 Å². The number of carboxylic acids is 1. The molecule has 0 aromatic carbocycles. The van der Waals surface area contributed by atoms with Gasteiger partial charge in [-0.2, -0.15) is 5.10 Å². The first-order chi connectivity index (χ1) is 8.99. The average molecular weight is 281 g/mol. The molecule has 2 aromatic heterocycles. The van der Waals surface area contributed by atoms with Crippen LogP contribution in [0.3, 0.4) is 0 Å². The summed E-state index contributed by atoms with van der Waals surface area (Å²) in [6, 6.07) is 0. The largest absolute Gasteiger partial charge is 0.481 e. The summed E-state index contributed by atoms with van der Waals surface area (Å²) in [6.07, 6.45) is 2.37. The average Bonchev–Trinajstić information content (AvgIpc) is 2.83.